The van der Waals surface area contributed by atoms with E-state index >= 15 is 0 Å². The lowest BCUT2D eigenvalue weighted by Gasteiger charge is -2.05. The van der Waals surface area contributed by atoms with Gasteiger partial charge in [-0.15, -0.1) is 0 Å². The van der Waals surface area contributed by atoms with Gasteiger partial charge in [-0.3, -0.25) is 0 Å². The predicted molar refractivity (Wildman–Crippen MR) is 56.7 cm³/mol. The number of methoxy groups -OCH3 is 1. The molecule has 2 heterocycles. The Kier molecular flexibility index (Phi) is 2.82. The van der Waals surface area contributed by atoms with Crippen LogP contribution in [-0.2, 0) is 6.54 Å². The molecule has 0 saturated heterocycles. The van der Waals surface area contributed by atoms with Crippen molar-refractivity contribution in [3.8, 4) is 5.88 Å². The van der Waals surface area contributed by atoms with Crippen molar-refractivity contribution in [2.75, 3.05) is 12.4 Å². The number of nitrogens with zero attached hydrogens (tertiary/aromatic N) is 2. The first kappa shape index (κ1) is 9.51. The molecule has 0 bridgehead atoms. The van der Waals surface area contributed by atoms with E-state index in [1.807, 2.05) is 12.1 Å². The van der Waals surface area contributed by atoms with Crippen LogP contribution in [0.25, 0.3) is 0 Å². The fraction of sp³-hybridized carbons (Fsp3) is 0.200. The fourth-order valence-corrected chi connectivity index (χ4v) is 1.19. The molecule has 0 atom stereocenters. The zero-order valence-corrected chi connectivity index (χ0v) is 8.40. The Balaban J connectivity index is 1.98. The van der Waals surface area contributed by atoms with Crippen LogP contribution in [0.3, 0.4) is 0 Å². The minimum absolute atomic E-state index is 0.601. The van der Waals surface area contributed by atoms with E-state index < -0.39 is 0 Å². The van der Waals surface area contributed by atoms with E-state index in [1.54, 1.807) is 25.7 Å². The maximum absolute atomic E-state index is 5.02. The first-order valence-electron chi connectivity index (χ1n) is 4.60. The van der Waals surface area contributed by atoms with Crippen LogP contribution in [0.4, 0.5) is 5.82 Å². The number of anilines is 1. The molecule has 0 aromatic carbocycles. The van der Waals surface area contributed by atoms with E-state index in [4.69, 9.17) is 4.74 Å². The van der Waals surface area contributed by atoms with E-state index in [9.17, 15) is 0 Å². The van der Waals surface area contributed by atoms with Gasteiger partial charge in [0.1, 0.15) is 5.82 Å². The largest absolute Gasteiger partial charge is 0.481 e. The minimum atomic E-state index is 0.601. The molecular weight excluding hydrogens is 192 g/mol. The summed E-state index contributed by atoms with van der Waals surface area (Å²) in [7, 11) is 1.60. The van der Waals surface area contributed by atoms with Gasteiger partial charge in [0, 0.05) is 12.3 Å². The number of hydrogen-bond donors (Lipinski definition) is 2. The third-order valence-electron chi connectivity index (χ3n) is 1.95. The number of hydrogen-bond acceptors (Lipinski definition) is 4. The van der Waals surface area contributed by atoms with Crippen LogP contribution in [0.15, 0.2) is 30.7 Å². The summed E-state index contributed by atoms with van der Waals surface area (Å²) in [5, 5.41) is 3.16. The van der Waals surface area contributed by atoms with Gasteiger partial charge in [-0.25, -0.2) is 4.98 Å². The summed E-state index contributed by atoms with van der Waals surface area (Å²) in [6, 6.07) is 5.58. The van der Waals surface area contributed by atoms with Crippen molar-refractivity contribution in [3.63, 3.8) is 0 Å². The third kappa shape index (κ3) is 2.46. The fourth-order valence-electron chi connectivity index (χ4n) is 1.19. The quantitative estimate of drug-likeness (QED) is 0.790. The van der Waals surface area contributed by atoms with Crippen molar-refractivity contribution in [1.29, 1.82) is 0 Å². The van der Waals surface area contributed by atoms with Crippen molar-refractivity contribution < 1.29 is 4.74 Å². The number of H-pyrrole nitrogens is 1. The second kappa shape index (κ2) is 4.45. The molecule has 0 amide bonds. The number of nitrogens with one attached hydrogen (secondary N) is 2. The molecule has 2 rings (SSSR count). The summed E-state index contributed by atoms with van der Waals surface area (Å²) in [6.07, 6.45) is 3.42. The number of aromatic amines is 1. The van der Waals surface area contributed by atoms with Gasteiger partial charge < -0.3 is 15.0 Å². The molecule has 78 valence electrons. The third-order valence-corrected chi connectivity index (χ3v) is 1.95. The van der Waals surface area contributed by atoms with Crippen LogP contribution in [0.1, 0.15) is 5.69 Å². The monoisotopic (exact) mass is 204 g/mol. The summed E-state index contributed by atoms with van der Waals surface area (Å²) >= 11 is 0. The molecule has 2 aromatic rings. The molecule has 2 aromatic heterocycles. The molecule has 0 unspecified atom stereocenters. The van der Waals surface area contributed by atoms with Crippen LogP contribution >= 0.6 is 0 Å². The summed E-state index contributed by atoms with van der Waals surface area (Å²) in [4.78, 5) is 11.2. The average molecular weight is 204 g/mol. The van der Waals surface area contributed by atoms with Gasteiger partial charge in [0.15, 0.2) is 0 Å². The second-order valence-corrected chi connectivity index (χ2v) is 3.00. The van der Waals surface area contributed by atoms with Crippen molar-refractivity contribution in [3.05, 3.63) is 36.4 Å². The Morgan fingerprint density at radius 2 is 2.40 bits per heavy atom. The highest BCUT2D eigenvalue weighted by Crippen LogP contribution is 2.11. The maximum atomic E-state index is 5.02. The molecule has 5 nitrogen and oxygen atoms in total. The molecule has 5 heteroatoms. The molecule has 0 fully saturated rings. The SMILES string of the molecule is COc1cccc(NCc2cnc[nH]2)n1. The Bertz CT molecular complexity index is 413. The zero-order chi connectivity index (χ0) is 10.5. The number of aromatic nitrogens is 3. The van der Waals surface area contributed by atoms with E-state index in [0.29, 0.717) is 12.4 Å². The van der Waals surface area contributed by atoms with Crippen molar-refractivity contribution in [2.24, 2.45) is 0 Å². The molecule has 0 aliphatic heterocycles. The van der Waals surface area contributed by atoms with Crippen molar-refractivity contribution in [1.82, 2.24) is 15.0 Å². The van der Waals surface area contributed by atoms with E-state index in [1.165, 1.54) is 0 Å². The number of rotatable bonds is 4. The lowest BCUT2D eigenvalue weighted by atomic mass is 10.4. The van der Waals surface area contributed by atoms with Gasteiger partial charge >= 0.3 is 0 Å². The smallest absolute Gasteiger partial charge is 0.214 e. The Morgan fingerprint density at radius 3 is 3.13 bits per heavy atom. The van der Waals surface area contributed by atoms with Crippen LogP contribution < -0.4 is 10.1 Å². The standard InChI is InChI=1S/C10H12N4O/c1-15-10-4-2-3-9(14-10)12-6-8-5-11-7-13-8/h2-5,7H,6H2,1H3,(H,11,13)(H,12,14). The van der Waals surface area contributed by atoms with Gasteiger partial charge in [-0.05, 0) is 6.07 Å². The van der Waals surface area contributed by atoms with Gasteiger partial charge in [0.25, 0.3) is 0 Å². The molecule has 2 N–H and O–H groups in total. The highest BCUT2D eigenvalue weighted by Gasteiger charge is 1.97. The Hall–Kier alpha value is -2.04. The average Bonchev–Trinajstić information content (AvgIpc) is 2.79. The van der Waals surface area contributed by atoms with Crippen LogP contribution in [0.5, 0.6) is 5.88 Å². The summed E-state index contributed by atoms with van der Waals surface area (Å²) in [5.74, 6) is 1.38. The highest BCUT2D eigenvalue weighted by molar-refractivity contribution is 5.37. The molecular formula is C10H12N4O. The molecule has 0 radical (unpaired) electrons. The number of pyridine rings is 1. The number of ether oxygens (including phenoxy) is 1. The van der Waals surface area contributed by atoms with Crippen LogP contribution in [-0.4, -0.2) is 22.1 Å². The first-order valence-corrected chi connectivity index (χ1v) is 4.60. The van der Waals surface area contributed by atoms with Crippen molar-refractivity contribution in [2.45, 2.75) is 6.54 Å². The molecule has 0 aliphatic carbocycles. The van der Waals surface area contributed by atoms with Gasteiger partial charge in [-0.1, -0.05) is 6.07 Å². The number of imidazole rings is 1. The van der Waals surface area contributed by atoms with Crippen molar-refractivity contribution >= 4 is 5.82 Å². The van der Waals surface area contributed by atoms with E-state index in [-0.39, 0.29) is 0 Å². The summed E-state index contributed by atoms with van der Waals surface area (Å²) in [6.45, 7) is 0.667. The molecule has 15 heavy (non-hydrogen) atoms. The minimum Gasteiger partial charge on any atom is -0.481 e. The normalized spacial score (nSPS) is 9.93. The molecule has 0 saturated carbocycles. The Labute approximate surface area is 87.5 Å². The van der Waals surface area contributed by atoms with Crippen LogP contribution in [0.2, 0.25) is 0 Å². The maximum Gasteiger partial charge on any atom is 0.214 e. The lowest BCUT2D eigenvalue weighted by molar-refractivity contribution is 0.398. The molecule has 0 aliphatic rings. The second-order valence-electron chi connectivity index (χ2n) is 3.00. The lowest BCUT2D eigenvalue weighted by Crippen LogP contribution is -2.01. The van der Waals surface area contributed by atoms with Gasteiger partial charge in [0.2, 0.25) is 5.88 Å². The molecule has 0 spiro atoms. The predicted octanol–water partition coefficient (Wildman–Crippen LogP) is 1.43. The van der Waals surface area contributed by atoms with E-state index in [2.05, 4.69) is 20.3 Å². The highest BCUT2D eigenvalue weighted by atomic mass is 16.5. The first-order chi connectivity index (χ1) is 7.38. The summed E-state index contributed by atoms with van der Waals surface area (Å²) in [5.41, 5.74) is 1.01. The van der Waals surface area contributed by atoms with Gasteiger partial charge in [-0.2, -0.15) is 4.98 Å². The zero-order valence-electron chi connectivity index (χ0n) is 8.40. The summed E-state index contributed by atoms with van der Waals surface area (Å²) < 4.78 is 5.02. The van der Waals surface area contributed by atoms with Crippen LogP contribution in [0, 0.1) is 0 Å². The van der Waals surface area contributed by atoms with Gasteiger partial charge in [0.05, 0.1) is 25.7 Å². The Morgan fingerprint density at radius 1 is 1.47 bits per heavy atom. The topological polar surface area (TPSA) is 62.8 Å². The van der Waals surface area contributed by atoms with E-state index in [0.717, 1.165) is 11.5 Å².